The normalized spacial score (nSPS) is 10.0. The Morgan fingerprint density at radius 1 is 1.09 bits per heavy atom. The first-order valence-corrected chi connectivity index (χ1v) is 6.99. The topological polar surface area (TPSA) is 81.3 Å². The van der Waals surface area contributed by atoms with Gasteiger partial charge in [-0.3, -0.25) is 10.1 Å². The second kappa shape index (κ2) is 6.97. The van der Waals surface area contributed by atoms with Crippen molar-refractivity contribution >= 4 is 34.9 Å². The number of halogens is 1. The van der Waals surface area contributed by atoms with Gasteiger partial charge in [-0.15, -0.1) is 0 Å². The summed E-state index contributed by atoms with van der Waals surface area (Å²) < 4.78 is 13.5. The molecule has 0 fully saturated rings. The second-order valence-corrected chi connectivity index (χ2v) is 5.06. The summed E-state index contributed by atoms with van der Waals surface area (Å²) in [6, 6.07) is 10.0. The maximum atomic E-state index is 13.5. The maximum Gasteiger partial charge on any atom is 0.260 e. The molecule has 1 amide bonds. The maximum absolute atomic E-state index is 13.5. The van der Waals surface area contributed by atoms with E-state index in [0.29, 0.717) is 11.3 Å². The molecule has 2 rings (SSSR count). The number of aromatic carboxylic acids is 1. The van der Waals surface area contributed by atoms with E-state index in [-0.39, 0.29) is 16.2 Å². The Kier molecular flexibility index (Phi) is 5.02. The fraction of sp³-hybridized carbons (Fsp3) is 0.0625. The summed E-state index contributed by atoms with van der Waals surface area (Å²) in [5.41, 5.74) is 0.690. The van der Waals surface area contributed by atoms with Gasteiger partial charge in [0, 0.05) is 11.3 Å². The lowest BCUT2D eigenvalue weighted by atomic mass is 10.1. The quantitative estimate of drug-likeness (QED) is 0.836. The van der Waals surface area contributed by atoms with Crippen molar-refractivity contribution in [2.24, 2.45) is 0 Å². The Balaban J connectivity index is 2.12. The lowest BCUT2D eigenvalue weighted by Crippen LogP contribution is -2.35. The van der Waals surface area contributed by atoms with Gasteiger partial charge in [-0.1, -0.05) is 24.3 Å². The molecule has 0 saturated carbocycles. The lowest BCUT2D eigenvalue weighted by Gasteiger charge is -2.15. The molecule has 0 atom stereocenters. The number of hydrogen-bond donors (Lipinski definition) is 2. The first-order chi connectivity index (χ1) is 10.9. The number of nitrogens with one attached hydrogen (secondary N) is 2. The molecule has 0 aliphatic rings. The monoisotopic (exact) mass is 331 g/mol. The third-order valence-electron chi connectivity index (χ3n) is 3.15. The summed E-state index contributed by atoms with van der Waals surface area (Å²) in [5, 5.41) is 16.0. The van der Waals surface area contributed by atoms with Gasteiger partial charge in [0.25, 0.3) is 5.91 Å². The van der Waals surface area contributed by atoms with Crippen molar-refractivity contribution in [3.05, 3.63) is 65.0 Å². The van der Waals surface area contributed by atoms with Crippen LogP contribution in [-0.4, -0.2) is 17.0 Å². The molecule has 2 aromatic carbocycles. The second-order valence-electron chi connectivity index (χ2n) is 4.65. The van der Waals surface area contributed by atoms with Crippen molar-refractivity contribution in [1.82, 2.24) is 5.32 Å². The fourth-order valence-electron chi connectivity index (χ4n) is 1.96. The number of carboxylic acids is 1. The number of amides is 1. The molecule has 5 nitrogen and oxygen atoms in total. The Morgan fingerprint density at radius 2 is 1.74 bits per heavy atom. The summed E-state index contributed by atoms with van der Waals surface area (Å²) in [4.78, 5) is 22.9. The van der Waals surface area contributed by atoms with Gasteiger partial charge in [-0.2, -0.15) is 0 Å². The number of hydrogen-bond acceptors (Lipinski definition) is 4. The molecule has 118 valence electrons. The minimum Gasteiger partial charge on any atom is -0.545 e. The first kappa shape index (κ1) is 16.6. The largest absolute Gasteiger partial charge is 0.545 e. The van der Waals surface area contributed by atoms with Crippen LogP contribution in [0.3, 0.4) is 0 Å². The Bertz CT molecular complexity index is 793. The molecule has 0 bridgehead atoms. The van der Waals surface area contributed by atoms with Crippen LogP contribution in [0.25, 0.3) is 0 Å². The highest BCUT2D eigenvalue weighted by Crippen LogP contribution is 2.18. The SMILES string of the molecule is Cc1c(NC(=S)NC(=O)c2ccccc2F)cccc1C(=O)[O-]. The number of anilines is 1. The van der Waals surface area contributed by atoms with Gasteiger partial charge in [-0.05, 0) is 42.9 Å². The van der Waals surface area contributed by atoms with Crippen LogP contribution in [0.5, 0.6) is 0 Å². The molecule has 0 unspecified atom stereocenters. The van der Waals surface area contributed by atoms with Crippen LogP contribution in [0.4, 0.5) is 10.1 Å². The first-order valence-electron chi connectivity index (χ1n) is 6.58. The number of carbonyl (C=O) groups excluding carboxylic acids is 2. The van der Waals surface area contributed by atoms with E-state index in [1.807, 2.05) is 0 Å². The Labute approximate surface area is 137 Å². The summed E-state index contributed by atoms with van der Waals surface area (Å²) in [5.74, 6) is -2.68. The average molecular weight is 331 g/mol. The van der Waals surface area contributed by atoms with E-state index in [1.165, 1.54) is 36.4 Å². The molecule has 0 heterocycles. The van der Waals surface area contributed by atoms with Gasteiger partial charge in [0.2, 0.25) is 0 Å². The van der Waals surface area contributed by atoms with Crippen LogP contribution in [0, 0.1) is 12.7 Å². The van der Waals surface area contributed by atoms with E-state index in [1.54, 1.807) is 13.0 Å². The molecule has 0 aliphatic carbocycles. The van der Waals surface area contributed by atoms with Crippen LogP contribution >= 0.6 is 12.2 Å². The summed E-state index contributed by atoms with van der Waals surface area (Å²) in [7, 11) is 0. The van der Waals surface area contributed by atoms with Gasteiger partial charge < -0.3 is 15.2 Å². The van der Waals surface area contributed by atoms with Gasteiger partial charge in [0.05, 0.1) is 11.5 Å². The summed E-state index contributed by atoms with van der Waals surface area (Å²) in [6.45, 7) is 1.58. The minimum absolute atomic E-state index is 0.0123. The van der Waals surface area contributed by atoms with Gasteiger partial charge >= 0.3 is 0 Å². The highest BCUT2D eigenvalue weighted by Gasteiger charge is 2.13. The van der Waals surface area contributed by atoms with Crippen molar-refractivity contribution in [3.8, 4) is 0 Å². The van der Waals surface area contributed by atoms with E-state index in [0.717, 1.165) is 0 Å². The number of benzene rings is 2. The minimum atomic E-state index is -1.31. The van der Waals surface area contributed by atoms with E-state index < -0.39 is 17.7 Å². The molecule has 23 heavy (non-hydrogen) atoms. The third kappa shape index (κ3) is 3.89. The Hall–Kier alpha value is -2.80. The van der Waals surface area contributed by atoms with Crippen LogP contribution in [0.15, 0.2) is 42.5 Å². The molecule has 0 aromatic heterocycles. The van der Waals surface area contributed by atoms with Crippen LogP contribution < -0.4 is 15.7 Å². The van der Waals surface area contributed by atoms with Crippen LogP contribution in [0.1, 0.15) is 26.3 Å². The Morgan fingerprint density at radius 3 is 2.39 bits per heavy atom. The number of rotatable bonds is 3. The summed E-state index contributed by atoms with van der Waals surface area (Å²) >= 11 is 5.00. The molecule has 0 saturated heterocycles. The number of carboxylic acid groups (broad SMARTS) is 1. The van der Waals surface area contributed by atoms with Crippen LogP contribution in [-0.2, 0) is 0 Å². The molecule has 7 heteroatoms. The number of thiocarbonyl (C=S) groups is 1. The highest BCUT2D eigenvalue weighted by molar-refractivity contribution is 7.80. The standard InChI is InChI=1S/C16H13FN2O3S/c1-9-10(15(21)22)6-4-8-13(9)18-16(23)19-14(20)11-5-2-3-7-12(11)17/h2-8H,1H3,(H,21,22)(H2,18,19,20,23)/p-1. The summed E-state index contributed by atoms with van der Waals surface area (Å²) in [6.07, 6.45) is 0. The molecular weight excluding hydrogens is 319 g/mol. The molecule has 0 aliphatic heterocycles. The van der Waals surface area contributed by atoms with Crippen molar-refractivity contribution in [2.75, 3.05) is 5.32 Å². The van der Waals surface area contributed by atoms with Crippen molar-refractivity contribution in [3.63, 3.8) is 0 Å². The number of carbonyl (C=O) groups is 2. The van der Waals surface area contributed by atoms with Crippen molar-refractivity contribution in [1.29, 1.82) is 0 Å². The highest BCUT2D eigenvalue weighted by atomic mass is 32.1. The lowest BCUT2D eigenvalue weighted by molar-refractivity contribution is -0.255. The molecular formula is C16H12FN2O3S-. The zero-order valence-electron chi connectivity index (χ0n) is 12.1. The predicted octanol–water partition coefficient (Wildman–Crippen LogP) is 1.62. The van der Waals surface area contributed by atoms with E-state index in [4.69, 9.17) is 12.2 Å². The van der Waals surface area contributed by atoms with E-state index in [9.17, 15) is 19.1 Å². The van der Waals surface area contributed by atoms with Gasteiger partial charge in [0.15, 0.2) is 5.11 Å². The smallest absolute Gasteiger partial charge is 0.260 e. The fourth-order valence-corrected chi connectivity index (χ4v) is 2.16. The third-order valence-corrected chi connectivity index (χ3v) is 3.35. The molecule has 0 spiro atoms. The predicted molar refractivity (Wildman–Crippen MR) is 85.6 cm³/mol. The molecule has 2 N–H and O–H groups in total. The van der Waals surface area contributed by atoms with Crippen molar-refractivity contribution < 1.29 is 19.1 Å². The molecule has 2 aromatic rings. The zero-order valence-corrected chi connectivity index (χ0v) is 12.9. The van der Waals surface area contributed by atoms with E-state index >= 15 is 0 Å². The zero-order chi connectivity index (χ0) is 17.0. The van der Waals surface area contributed by atoms with Gasteiger partial charge in [0.1, 0.15) is 5.82 Å². The van der Waals surface area contributed by atoms with Crippen LogP contribution in [0.2, 0.25) is 0 Å². The average Bonchev–Trinajstić information content (AvgIpc) is 2.49. The van der Waals surface area contributed by atoms with Crippen molar-refractivity contribution in [2.45, 2.75) is 6.92 Å². The van der Waals surface area contributed by atoms with Gasteiger partial charge in [-0.25, -0.2) is 4.39 Å². The molecule has 0 radical (unpaired) electrons. The van der Waals surface area contributed by atoms with E-state index in [2.05, 4.69) is 10.6 Å².